The summed E-state index contributed by atoms with van der Waals surface area (Å²) in [5.41, 5.74) is 0.823. The molecule has 1 aromatic rings. The Morgan fingerprint density at radius 3 is 2.53 bits per heavy atom. The third kappa shape index (κ3) is 2.45. The van der Waals surface area contributed by atoms with E-state index in [1.54, 1.807) is 0 Å². The fourth-order valence-electron chi connectivity index (χ4n) is 2.51. The fraction of sp³-hybridized carbons (Fsp3) is 0.429. The maximum Gasteiger partial charge on any atom is 0.243 e. The van der Waals surface area contributed by atoms with Gasteiger partial charge >= 0.3 is 0 Å². The molecule has 1 aliphatic heterocycles. The Hall–Kier alpha value is -1.55. The van der Waals surface area contributed by atoms with Gasteiger partial charge in [-0.2, -0.15) is 0 Å². The molecule has 1 saturated carbocycles. The van der Waals surface area contributed by atoms with Crippen LogP contribution in [0.1, 0.15) is 31.2 Å². The Kier molecular flexibility index (Phi) is 2.97. The predicted octanol–water partition coefficient (Wildman–Crippen LogP) is 1.72. The van der Waals surface area contributed by atoms with Gasteiger partial charge in [0.05, 0.1) is 5.54 Å². The van der Waals surface area contributed by atoms with E-state index in [0.717, 1.165) is 18.4 Å². The monoisotopic (exact) mass is 278 g/mol. The van der Waals surface area contributed by atoms with E-state index >= 15 is 0 Å². The minimum atomic E-state index is -0.378. The number of rotatable bonds is 3. The van der Waals surface area contributed by atoms with E-state index in [1.807, 2.05) is 24.3 Å². The average molecular weight is 279 g/mol. The summed E-state index contributed by atoms with van der Waals surface area (Å²) in [6.45, 7) is 0. The second-order valence-electron chi connectivity index (χ2n) is 5.24. The predicted molar refractivity (Wildman–Crippen MR) is 71.7 cm³/mol. The molecule has 1 saturated heterocycles. The van der Waals surface area contributed by atoms with Crippen molar-refractivity contribution in [2.75, 3.05) is 0 Å². The normalized spacial score (nSPS) is 23.8. The molecule has 5 heteroatoms. The number of carbonyl (C=O) groups excluding carboxylic acids is 2. The van der Waals surface area contributed by atoms with Gasteiger partial charge in [0.1, 0.15) is 6.04 Å². The molecule has 3 rings (SSSR count). The van der Waals surface area contributed by atoms with E-state index in [9.17, 15) is 9.59 Å². The zero-order valence-electron chi connectivity index (χ0n) is 10.4. The zero-order chi connectivity index (χ0) is 13.5. The number of carbonyl (C=O) groups is 2. The number of hydrogen-bond donors (Lipinski definition) is 2. The Balaban J connectivity index is 1.70. The maximum atomic E-state index is 12.1. The molecule has 1 aromatic carbocycles. The molecule has 0 aromatic heterocycles. The first-order valence-electron chi connectivity index (χ1n) is 6.46. The number of nitrogens with one attached hydrogen (secondary N) is 2. The van der Waals surface area contributed by atoms with Crippen LogP contribution in [0.15, 0.2) is 24.3 Å². The van der Waals surface area contributed by atoms with Crippen LogP contribution in [0, 0.1) is 0 Å². The standard InChI is InChI=1S/C14H15ClN2O2/c15-10-3-1-9(2-4-10)14(7-8-14)17-13(19)11-5-6-12(18)16-11/h1-4,11H,5-8H2,(H,16,18)(H,17,19). The molecular weight excluding hydrogens is 264 g/mol. The highest BCUT2D eigenvalue weighted by Crippen LogP contribution is 2.45. The Labute approximate surface area is 116 Å². The number of benzene rings is 1. The second kappa shape index (κ2) is 4.53. The summed E-state index contributed by atoms with van der Waals surface area (Å²) in [6.07, 6.45) is 2.88. The number of hydrogen-bond acceptors (Lipinski definition) is 2. The van der Waals surface area contributed by atoms with Crippen molar-refractivity contribution >= 4 is 23.4 Å². The van der Waals surface area contributed by atoms with Crippen LogP contribution in [0.4, 0.5) is 0 Å². The lowest BCUT2D eigenvalue weighted by Crippen LogP contribution is -2.46. The summed E-state index contributed by atoms with van der Waals surface area (Å²) >= 11 is 5.87. The van der Waals surface area contributed by atoms with Crippen molar-refractivity contribution in [3.05, 3.63) is 34.9 Å². The van der Waals surface area contributed by atoms with Crippen LogP contribution in [-0.4, -0.2) is 17.9 Å². The molecule has 1 unspecified atom stereocenters. The molecule has 0 bridgehead atoms. The van der Waals surface area contributed by atoms with E-state index in [0.29, 0.717) is 17.9 Å². The average Bonchev–Trinajstić information content (AvgIpc) is 3.03. The lowest BCUT2D eigenvalue weighted by atomic mass is 10.0. The van der Waals surface area contributed by atoms with Crippen molar-refractivity contribution in [3.8, 4) is 0 Å². The summed E-state index contributed by atoms with van der Waals surface area (Å²) in [4.78, 5) is 23.3. The van der Waals surface area contributed by atoms with Gasteiger partial charge in [-0.1, -0.05) is 23.7 Å². The first-order valence-corrected chi connectivity index (χ1v) is 6.84. The van der Waals surface area contributed by atoms with Gasteiger partial charge in [0, 0.05) is 11.4 Å². The molecule has 2 aliphatic rings. The highest BCUT2D eigenvalue weighted by molar-refractivity contribution is 6.30. The van der Waals surface area contributed by atoms with Crippen molar-refractivity contribution in [3.63, 3.8) is 0 Å². The third-order valence-corrected chi connectivity index (χ3v) is 4.07. The van der Waals surface area contributed by atoms with Crippen LogP contribution in [-0.2, 0) is 15.1 Å². The molecule has 1 aliphatic carbocycles. The van der Waals surface area contributed by atoms with Gasteiger partial charge in [0.2, 0.25) is 11.8 Å². The van der Waals surface area contributed by atoms with Crippen LogP contribution in [0.2, 0.25) is 5.02 Å². The summed E-state index contributed by atoms with van der Waals surface area (Å²) in [7, 11) is 0. The van der Waals surface area contributed by atoms with Crippen molar-refractivity contribution < 1.29 is 9.59 Å². The van der Waals surface area contributed by atoms with E-state index in [1.165, 1.54) is 0 Å². The molecule has 100 valence electrons. The molecule has 0 spiro atoms. The number of amides is 2. The first-order chi connectivity index (χ1) is 9.09. The Morgan fingerprint density at radius 2 is 2.00 bits per heavy atom. The van der Waals surface area contributed by atoms with Crippen LogP contribution in [0.5, 0.6) is 0 Å². The second-order valence-corrected chi connectivity index (χ2v) is 5.67. The number of halogens is 1. The lowest BCUT2D eigenvalue weighted by molar-refractivity contribution is -0.126. The van der Waals surface area contributed by atoms with Gasteiger partial charge in [0.25, 0.3) is 0 Å². The first kappa shape index (κ1) is 12.5. The smallest absolute Gasteiger partial charge is 0.243 e. The lowest BCUT2D eigenvalue weighted by Gasteiger charge is -2.20. The Bertz CT molecular complexity index is 523. The minimum absolute atomic E-state index is 0.0449. The molecule has 19 heavy (non-hydrogen) atoms. The molecule has 1 atom stereocenters. The van der Waals surface area contributed by atoms with E-state index in [-0.39, 0.29) is 23.4 Å². The topological polar surface area (TPSA) is 58.2 Å². The van der Waals surface area contributed by atoms with Crippen molar-refractivity contribution in [2.45, 2.75) is 37.3 Å². The van der Waals surface area contributed by atoms with Crippen molar-refractivity contribution in [1.29, 1.82) is 0 Å². The highest BCUT2D eigenvalue weighted by Gasteiger charge is 2.46. The SMILES string of the molecule is O=C1CCC(C(=O)NC2(c3ccc(Cl)cc3)CC2)N1. The van der Waals surface area contributed by atoms with Crippen LogP contribution >= 0.6 is 11.6 Å². The molecule has 2 fully saturated rings. The largest absolute Gasteiger partial charge is 0.345 e. The summed E-state index contributed by atoms with van der Waals surface area (Å²) in [6, 6.07) is 7.18. The van der Waals surface area contributed by atoms with Gasteiger partial charge in [0.15, 0.2) is 0 Å². The van der Waals surface area contributed by atoms with Gasteiger partial charge in [-0.3, -0.25) is 9.59 Å². The molecule has 4 nitrogen and oxygen atoms in total. The molecule has 2 N–H and O–H groups in total. The molecule has 1 heterocycles. The van der Waals surface area contributed by atoms with Gasteiger partial charge in [-0.25, -0.2) is 0 Å². The summed E-state index contributed by atoms with van der Waals surface area (Å²) in [5, 5.41) is 6.45. The van der Waals surface area contributed by atoms with Gasteiger partial charge in [-0.05, 0) is 37.0 Å². The van der Waals surface area contributed by atoms with Gasteiger partial charge in [-0.15, -0.1) is 0 Å². The fourth-order valence-corrected chi connectivity index (χ4v) is 2.64. The van der Waals surface area contributed by atoms with Crippen molar-refractivity contribution in [2.24, 2.45) is 0 Å². The van der Waals surface area contributed by atoms with Crippen LogP contribution < -0.4 is 10.6 Å². The maximum absolute atomic E-state index is 12.1. The van der Waals surface area contributed by atoms with E-state index in [4.69, 9.17) is 11.6 Å². The third-order valence-electron chi connectivity index (χ3n) is 3.82. The summed E-state index contributed by atoms with van der Waals surface area (Å²) < 4.78 is 0. The molecule has 0 radical (unpaired) electrons. The van der Waals surface area contributed by atoms with Crippen molar-refractivity contribution in [1.82, 2.24) is 10.6 Å². The quantitative estimate of drug-likeness (QED) is 0.885. The van der Waals surface area contributed by atoms with Gasteiger partial charge < -0.3 is 10.6 Å². The molecule has 2 amide bonds. The zero-order valence-corrected chi connectivity index (χ0v) is 11.2. The summed E-state index contributed by atoms with van der Waals surface area (Å²) in [5.74, 6) is -0.130. The highest BCUT2D eigenvalue weighted by atomic mass is 35.5. The Morgan fingerprint density at radius 1 is 1.32 bits per heavy atom. The van der Waals surface area contributed by atoms with E-state index in [2.05, 4.69) is 10.6 Å². The van der Waals surface area contributed by atoms with E-state index < -0.39 is 0 Å². The minimum Gasteiger partial charge on any atom is -0.345 e. The van der Waals surface area contributed by atoms with Crippen LogP contribution in [0.25, 0.3) is 0 Å². The molecular formula is C14H15ClN2O2. The van der Waals surface area contributed by atoms with Crippen LogP contribution in [0.3, 0.4) is 0 Å².